The van der Waals surface area contributed by atoms with E-state index < -0.39 is 6.10 Å². The molecule has 1 N–H and O–H groups in total. The smallest absolute Gasteiger partial charge is 0.265 e. The molecule has 2 aromatic rings. The number of carbonyl (C=O) groups excluding carboxylic acids is 1. The molecule has 21 heavy (non-hydrogen) atoms. The van der Waals surface area contributed by atoms with Crippen molar-refractivity contribution in [2.24, 2.45) is 0 Å². The van der Waals surface area contributed by atoms with Crippen molar-refractivity contribution >= 4 is 23.2 Å². The van der Waals surface area contributed by atoms with Crippen LogP contribution in [0, 0.1) is 0 Å². The van der Waals surface area contributed by atoms with Crippen LogP contribution in [0.5, 0.6) is 11.5 Å². The Labute approximate surface area is 128 Å². The molecule has 2 rings (SSSR count). The molecule has 0 bridgehead atoms. The van der Waals surface area contributed by atoms with E-state index in [2.05, 4.69) is 5.32 Å². The van der Waals surface area contributed by atoms with Crippen molar-refractivity contribution in [1.29, 1.82) is 0 Å². The van der Waals surface area contributed by atoms with Crippen LogP contribution in [0.4, 0.5) is 5.69 Å². The van der Waals surface area contributed by atoms with Gasteiger partial charge in [-0.3, -0.25) is 4.79 Å². The lowest BCUT2D eigenvalue weighted by Crippen LogP contribution is -2.30. The van der Waals surface area contributed by atoms with Gasteiger partial charge in [-0.2, -0.15) is 0 Å². The number of anilines is 1. The second-order valence-corrected chi connectivity index (χ2v) is 4.81. The summed E-state index contributed by atoms with van der Waals surface area (Å²) in [4.78, 5) is 12.1. The minimum absolute atomic E-state index is 0.265. The average molecular weight is 306 g/mol. The number of hydrogen-bond acceptors (Lipinski definition) is 3. The highest BCUT2D eigenvalue weighted by molar-refractivity contribution is 6.33. The standard InChI is InChI=1S/C16H16ClNO3/c1-11(21-13-9-7-12(20-2)8-10-13)16(19)18-15-6-4-3-5-14(15)17/h3-11H,1-2H3,(H,18,19). The third-order valence-electron chi connectivity index (χ3n) is 2.87. The van der Waals surface area contributed by atoms with E-state index in [-0.39, 0.29) is 5.91 Å². The van der Waals surface area contributed by atoms with E-state index in [0.717, 1.165) is 5.75 Å². The van der Waals surface area contributed by atoms with Crippen LogP contribution in [0.1, 0.15) is 6.92 Å². The maximum atomic E-state index is 12.1. The topological polar surface area (TPSA) is 47.6 Å². The van der Waals surface area contributed by atoms with Gasteiger partial charge in [0.15, 0.2) is 6.10 Å². The van der Waals surface area contributed by atoms with Crippen molar-refractivity contribution in [3.63, 3.8) is 0 Å². The predicted octanol–water partition coefficient (Wildman–Crippen LogP) is 3.75. The number of methoxy groups -OCH3 is 1. The summed E-state index contributed by atoms with van der Waals surface area (Å²) in [6, 6.07) is 14.1. The SMILES string of the molecule is COc1ccc(OC(C)C(=O)Nc2ccccc2Cl)cc1. The maximum absolute atomic E-state index is 12.1. The zero-order chi connectivity index (χ0) is 15.2. The van der Waals surface area contributed by atoms with E-state index >= 15 is 0 Å². The molecule has 0 radical (unpaired) electrons. The summed E-state index contributed by atoms with van der Waals surface area (Å²) in [5.74, 6) is 1.06. The van der Waals surface area contributed by atoms with Gasteiger partial charge in [0.05, 0.1) is 17.8 Å². The molecule has 5 heteroatoms. The molecule has 2 aromatic carbocycles. The van der Waals surface area contributed by atoms with Crippen LogP contribution in [0.2, 0.25) is 5.02 Å². The molecule has 0 spiro atoms. The Morgan fingerprint density at radius 1 is 1.10 bits per heavy atom. The fraction of sp³-hybridized carbons (Fsp3) is 0.188. The summed E-state index contributed by atoms with van der Waals surface area (Å²) in [6.45, 7) is 1.68. The number of halogens is 1. The molecule has 0 aromatic heterocycles. The molecule has 0 heterocycles. The maximum Gasteiger partial charge on any atom is 0.265 e. The molecule has 110 valence electrons. The Hall–Kier alpha value is -2.20. The summed E-state index contributed by atoms with van der Waals surface area (Å²) in [6.07, 6.45) is -0.644. The number of carbonyl (C=O) groups is 1. The quantitative estimate of drug-likeness (QED) is 0.915. The van der Waals surface area contributed by atoms with Crippen molar-refractivity contribution in [2.45, 2.75) is 13.0 Å². The molecule has 1 atom stereocenters. The van der Waals surface area contributed by atoms with Gasteiger partial charge in [0.1, 0.15) is 11.5 Å². The first-order valence-electron chi connectivity index (χ1n) is 6.46. The van der Waals surface area contributed by atoms with E-state index in [1.165, 1.54) is 0 Å². The minimum Gasteiger partial charge on any atom is -0.497 e. The summed E-state index contributed by atoms with van der Waals surface area (Å²) in [5, 5.41) is 3.22. The average Bonchev–Trinajstić information content (AvgIpc) is 2.50. The summed E-state index contributed by atoms with van der Waals surface area (Å²) < 4.78 is 10.6. The summed E-state index contributed by atoms with van der Waals surface area (Å²) >= 11 is 6.00. The second kappa shape index (κ2) is 6.99. The monoisotopic (exact) mass is 305 g/mol. The van der Waals surface area contributed by atoms with E-state index in [9.17, 15) is 4.79 Å². The Bertz CT molecular complexity index is 613. The van der Waals surface area contributed by atoms with E-state index in [4.69, 9.17) is 21.1 Å². The molecule has 0 fully saturated rings. The normalized spacial score (nSPS) is 11.6. The first kappa shape index (κ1) is 15.2. The molecule has 0 aliphatic rings. The van der Waals surface area contributed by atoms with Crippen LogP contribution >= 0.6 is 11.6 Å². The van der Waals surface area contributed by atoms with Crippen molar-refractivity contribution in [3.8, 4) is 11.5 Å². The largest absolute Gasteiger partial charge is 0.497 e. The third-order valence-corrected chi connectivity index (χ3v) is 3.20. The first-order valence-corrected chi connectivity index (χ1v) is 6.84. The Balaban J connectivity index is 1.97. The first-order chi connectivity index (χ1) is 10.1. The fourth-order valence-corrected chi connectivity index (χ4v) is 1.89. The van der Waals surface area contributed by atoms with Gasteiger partial charge in [-0.15, -0.1) is 0 Å². The molecule has 1 amide bonds. The van der Waals surface area contributed by atoms with Gasteiger partial charge in [0.25, 0.3) is 5.91 Å². The predicted molar refractivity (Wildman–Crippen MR) is 83.2 cm³/mol. The molecular formula is C16H16ClNO3. The molecule has 0 saturated carbocycles. The third kappa shape index (κ3) is 4.13. The zero-order valence-corrected chi connectivity index (χ0v) is 12.6. The summed E-state index contributed by atoms with van der Waals surface area (Å²) in [5.41, 5.74) is 0.564. The van der Waals surface area contributed by atoms with Gasteiger partial charge in [0, 0.05) is 0 Å². The van der Waals surface area contributed by atoms with Crippen LogP contribution in [0.15, 0.2) is 48.5 Å². The number of benzene rings is 2. The molecule has 0 aliphatic heterocycles. The van der Waals surface area contributed by atoms with Crippen molar-refractivity contribution < 1.29 is 14.3 Å². The van der Waals surface area contributed by atoms with Crippen molar-refractivity contribution in [2.75, 3.05) is 12.4 Å². The minimum atomic E-state index is -0.644. The molecule has 1 unspecified atom stereocenters. The van der Waals surface area contributed by atoms with Crippen LogP contribution in [0.3, 0.4) is 0 Å². The van der Waals surface area contributed by atoms with Gasteiger partial charge in [-0.05, 0) is 43.3 Å². The molecular weight excluding hydrogens is 290 g/mol. The van der Waals surface area contributed by atoms with Crippen LogP contribution in [-0.4, -0.2) is 19.1 Å². The number of ether oxygens (including phenoxy) is 2. The number of para-hydroxylation sites is 1. The second-order valence-electron chi connectivity index (χ2n) is 4.40. The van der Waals surface area contributed by atoms with E-state index in [0.29, 0.717) is 16.5 Å². The van der Waals surface area contributed by atoms with Gasteiger partial charge in [-0.1, -0.05) is 23.7 Å². The highest BCUT2D eigenvalue weighted by Gasteiger charge is 2.15. The number of amides is 1. The zero-order valence-electron chi connectivity index (χ0n) is 11.8. The Morgan fingerprint density at radius 2 is 1.71 bits per heavy atom. The van der Waals surface area contributed by atoms with Crippen LogP contribution < -0.4 is 14.8 Å². The molecule has 4 nitrogen and oxygen atoms in total. The lowest BCUT2D eigenvalue weighted by molar-refractivity contribution is -0.122. The van der Waals surface area contributed by atoms with Crippen molar-refractivity contribution in [1.82, 2.24) is 0 Å². The van der Waals surface area contributed by atoms with Gasteiger partial charge in [-0.25, -0.2) is 0 Å². The highest BCUT2D eigenvalue weighted by Crippen LogP contribution is 2.22. The highest BCUT2D eigenvalue weighted by atomic mass is 35.5. The number of nitrogens with one attached hydrogen (secondary N) is 1. The van der Waals surface area contributed by atoms with Gasteiger partial charge >= 0.3 is 0 Å². The van der Waals surface area contributed by atoms with Crippen molar-refractivity contribution in [3.05, 3.63) is 53.6 Å². The van der Waals surface area contributed by atoms with E-state index in [1.54, 1.807) is 62.6 Å². The van der Waals surface area contributed by atoms with Crippen LogP contribution in [-0.2, 0) is 4.79 Å². The molecule has 0 saturated heterocycles. The Kier molecular flexibility index (Phi) is 5.06. The van der Waals surface area contributed by atoms with Crippen LogP contribution in [0.25, 0.3) is 0 Å². The number of rotatable bonds is 5. The number of hydrogen-bond donors (Lipinski definition) is 1. The lowest BCUT2D eigenvalue weighted by atomic mass is 10.3. The lowest BCUT2D eigenvalue weighted by Gasteiger charge is -2.15. The Morgan fingerprint density at radius 3 is 2.33 bits per heavy atom. The fourth-order valence-electron chi connectivity index (χ4n) is 1.71. The van der Waals surface area contributed by atoms with Gasteiger partial charge in [0.2, 0.25) is 0 Å². The van der Waals surface area contributed by atoms with Gasteiger partial charge < -0.3 is 14.8 Å². The van der Waals surface area contributed by atoms with E-state index in [1.807, 2.05) is 0 Å². The summed E-state index contributed by atoms with van der Waals surface area (Å²) in [7, 11) is 1.59. The molecule has 0 aliphatic carbocycles.